The van der Waals surface area contributed by atoms with Gasteiger partial charge in [-0.2, -0.15) is 0 Å². The van der Waals surface area contributed by atoms with E-state index in [1.54, 1.807) is 13.5 Å². The maximum Gasteiger partial charge on any atom is 0.146 e. The van der Waals surface area contributed by atoms with Crippen LogP contribution in [0.1, 0.15) is 44.9 Å². The highest BCUT2D eigenvalue weighted by Crippen LogP contribution is 2.70. The third-order valence-corrected chi connectivity index (χ3v) is 6.43. The minimum absolute atomic E-state index is 0.498. The molecule has 4 bridgehead atoms. The Balaban J connectivity index is 1.55. The molecule has 17 heavy (non-hydrogen) atoms. The van der Waals surface area contributed by atoms with Gasteiger partial charge in [-0.05, 0) is 67.6 Å². The van der Waals surface area contributed by atoms with Gasteiger partial charge in [0, 0.05) is 7.11 Å². The van der Waals surface area contributed by atoms with Gasteiger partial charge >= 0.3 is 0 Å². The fraction of sp³-hybridized carbons (Fsp3) is 1.00. The Kier molecular flexibility index (Phi) is 2.36. The highest BCUT2D eigenvalue weighted by atomic mass is 16.7. The molecule has 4 rings (SSSR count). The molecule has 0 amide bonds. The van der Waals surface area contributed by atoms with E-state index in [0.29, 0.717) is 18.3 Å². The van der Waals surface area contributed by atoms with Crippen LogP contribution in [0.15, 0.2) is 0 Å². The Morgan fingerprint density at radius 2 is 1.94 bits per heavy atom. The maximum atomic E-state index is 5.96. The van der Waals surface area contributed by atoms with Gasteiger partial charge in [-0.3, -0.25) is 0 Å². The van der Waals surface area contributed by atoms with Gasteiger partial charge in [-0.25, -0.2) is 0 Å². The van der Waals surface area contributed by atoms with Crippen molar-refractivity contribution in [3.8, 4) is 0 Å². The molecular formula is C15H24O2. The molecule has 4 aliphatic carbocycles. The molecule has 0 N–H and O–H groups in total. The molecule has 1 spiro atoms. The number of methoxy groups -OCH3 is 1. The zero-order valence-corrected chi connectivity index (χ0v) is 10.9. The fourth-order valence-corrected chi connectivity index (χ4v) is 6.09. The third-order valence-electron chi connectivity index (χ3n) is 6.43. The van der Waals surface area contributed by atoms with Crippen molar-refractivity contribution in [1.29, 1.82) is 0 Å². The number of rotatable bonds is 3. The molecule has 2 nitrogen and oxygen atoms in total. The highest BCUT2D eigenvalue weighted by Gasteiger charge is 2.63. The second-order valence-corrected chi connectivity index (χ2v) is 7.07. The standard InChI is InChI=1S/C15H24O2/c1-16-9-17-14-6-11-5-13(14)15(8-11)7-10-2-3-12(15)4-10/h10-14H,2-9H2,1H3. The van der Waals surface area contributed by atoms with Crippen molar-refractivity contribution in [3.05, 3.63) is 0 Å². The second-order valence-electron chi connectivity index (χ2n) is 7.07. The van der Waals surface area contributed by atoms with Crippen LogP contribution in [0.25, 0.3) is 0 Å². The highest BCUT2D eigenvalue weighted by molar-refractivity contribution is 5.12. The van der Waals surface area contributed by atoms with Crippen LogP contribution < -0.4 is 0 Å². The molecule has 2 heteroatoms. The molecule has 0 aliphatic heterocycles. The van der Waals surface area contributed by atoms with Crippen molar-refractivity contribution in [3.63, 3.8) is 0 Å². The van der Waals surface area contributed by atoms with E-state index < -0.39 is 0 Å². The molecule has 6 unspecified atom stereocenters. The van der Waals surface area contributed by atoms with Gasteiger partial charge < -0.3 is 9.47 Å². The van der Waals surface area contributed by atoms with Crippen LogP contribution in [-0.2, 0) is 9.47 Å². The summed E-state index contributed by atoms with van der Waals surface area (Å²) in [5.74, 6) is 3.97. The summed E-state index contributed by atoms with van der Waals surface area (Å²) >= 11 is 0. The summed E-state index contributed by atoms with van der Waals surface area (Å²) < 4.78 is 11.1. The van der Waals surface area contributed by atoms with Crippen molar-refractivity contribution >= 4 is 0 Å². The lowest BCUT2D eigenvalue weighted by Crippen LogP contribution is -2.41. The number of hydrogen-bond acceptors (Lipinski definition) is 2. The smallest absolute Gasteiger partial charge is 0.146 e. The van der Waals surface area contributed by atoms with E-state index in [9.17, 15) is 0 Å². The number of hydrogen-bond donors (Lipinski definition) is 0. The van der Waals surface area contributed by atoms with E-state index in [-0.39, 0.29) is 0 Å². The topological polar surface area (TPSA) is 18.5 Å². The van der Waals surface area contributed by atoms with Crippen molar-refractivity contribution in [2.75, 3.05) is 13.9 Å². The molecule has 0 radical (unpaired) electrons. The molecule has 4 saturated carbocycles. The maximum absolute atomic E-state index is 5.96. The zero-order chi connectivity index (χ0) is 11.5. The van der Waals surface area contributed by atoms with Gasteiger partial charge in [-0.1, -0.05) is 6.42 Å². The van der Waals surface area contributed by atoms with E-state index in [1.165, 1.54) is 38.5 Å². The SMILES string of the molecule is COCOC1CC2CC1C1(CC3CCC1C3)C2. The summed E-state index contributed by atoms with van der Waals surface area (Å²) in [5.41, 5.74) is 0.713. The van der Waals surface area contributed by atoms with E-state index in [1.807, 2.05) is 0 Å². The summed E-state index contributed by atoms with van der Waals surface area (Å²) in [6.07, 6.45) is 10.9. The quantitative estimate of drug-likeness (QED) is 0.701. The van der Waals surface area contributed by atoms with Crippen LogP contribution in [0.5, 0.6) is 0 Å². The largest absolute Gasteiger partial charge is 0.359 e. The van der Waals surface area contributed by atoms with Crippen LogP contribution in [0.3, 0.4) is 0 Å². The van der Waals surface area contributed by atoms with Crippen molar-refractivity contribution < 1.29 is 9.47 Å². The Morgan fingerprint density at radius 3 is 2.59 bits per heavy atom. The monoisotopic (exact) mass is 236 g/mol. The van der Waals surface area contributed by atoms with E-state index in [2.05, 4.69) is 0 Å². The second kappa shape index (κ2) is 3.71. The molecule has 0 saturated heterocycles. The molecule has 0 aromatic heterocycles. The summed E-state index contributed by atoms with van der Waals surface area (Å²) in [4.78, 5) is 0. The van der Waals surface area contributed by atoms with Gasteiger partial charge in [0.1, 0.15) is 6.79 Å². The molecule has 0 heterocycles. The molecule has 6 atom stereocenters. The molecular weight excluding hydrogens is 212 g/mol. The molecule has 0 aromatic carbocycles. The van der Waals surface area contributed by atoms with Crippen molar-refractivity contribution in [1.82, 2.24) is 0 Å². The molecule has 4 aliphatic rings. The first kappa shape index (κ1) is 10.8. The summed E-state index contributed by atoms with van der Waals surface area (Å²) in [6, 6.07) is 0. The van der Waals surface area contributed by atoms with Crippen LogP contribution in [0, 0.1) is 29.1 Å². The minimum Gasteiger partial charge on any atom is -0.359 e. The van der Waals surface area contributed by atoms with E-state index >= 15 is 0 Å². The fourth-order valence-electron chi connectivity index (χ4n) is 6.09. The van der Waals surface area contributed by atoms with Crippen molar-refractivity contribution in [2.45, 2.75) is 51.0 Å². The van der Waals surface area contributed by atoms with E-state index in [0.717, 1.165) is 23.7 Å². The average Bonchev–Trinajstić information content (AvgIpc) is 3.04. The number of fused-ring (bicyclic) bond motifs is 6. The van der Waals surface area contributed by atoms with Gasteiger partial charge in [0.2, 0.25) is 0 Å². The Hall–Kier alpha value is -0.0800. The predicted molar refractivity (Wildman–Crippen MR) is 65.5 cm³/mol. The van der Waals surface area contributed by atoms with Crippen LogP contribution in [0.2, 0.25) is 0 Å². The third kappa shape index (κ3) is 1.40. The van der Waals surface area contributed by atoms with Gasteiger partial charge in [0.15, 0.2) is 0 Å². The van der Waals surface area contributed by atoms with Crippen LogP contribution in [0.4, 0.5) is 0 Å². The molecule has 96 valence electrons. The normalized spacial score (nSPS) is 55.2. The van der Waals surface area contributed by atoms with Gasteiger partial charge in [-0.15, -0.1) is 0 Å². The molecule has 4 fully saturated rings. The lowest BCUT2D eigenvalue weighted by atomic mass is 9.62. The summed E-state index contributed by atoms with van der Waals surface area (Å²) in [6.45, 7) is 0.498. The first-order chi connectivity index (χ1) is 8.32. The predicted octanol–water partition coefficient (Wildman–Crippen LogP) is 3.21. The van der Waals surface area contributed by atoms with Crippen molar-refractivity contribution in [2.24, 2.45) is 29.1 Å². The number of ether oxygens (including phenoxy) is 2. The Bertz CT molecular complexity index is 312. The van der Waals surface area contributed by atoms with Crippen LogP contribution >= 0.6 is 0 Å². The Morgan fingerprint density at radius 1 is 1.06 bits per heavy atom. The lowest BCUT2D eigenvalue weighted by molar-refractivity contribution is -0.119. The Labute approximate surface area is 104 Å². The molecule has 0 aromatic rings. The van der Waals surface area contributed by atoms with E-state index in [4.69, 9.17) is 9.47 Å². The lowest BCUT2D eigenvalue weighted by Gasteiger charge is -2.44. The minimum atomic E-state index is 0.498. The first-order valence-corrected chi connectivity index (χ1v) is 7.42. The zero-order valence-electron chi connectivity index (χ0n) is 10.9. The van der Waals surface area contributed by atoms with Gasteiger partial charge in [0.05, 0.1) is 6.10 Å². The first-order valence-electron chi connectivity index (χ1n) is 7.42. The van der Waals surface area contributed by atoms with Crippen LogP contribution in [-0.4, -0.2) is 20.0 Å². The van der Waals surface area contributed by atoms with Gasteiger partial charge in [0.25, 0.3) is 0 Å². The summed E-state index contributed by atoms with van der Waals surface area (Å²) in [7, 11) is 1.74. The average molecular weight is 236 g/mol. The summed E-state index contributed by atoms with van der Waals surface area (Å²) in [5, 5.41) is 0.